The molecule has 216 valence electrons. The van der Waals surface area contributed by atoms with Crippen LogP contribution in [0.4, 0.5) is 33.7 Å². The fourth-order valence-corrected chi connectivity index (χ4v) is 5.06. The molecule has 1 unspecified atom stereocenters. The van der Waals surface area contributed by atoms with E-state index in [0.717, 1.165) is 18.6 Å². The number of fused-ring (bicyclic) bond motifs is 1. The molecule has 1 atom stereocenters. The molecule has 8 nitrogen and oxygen atoms in total. The highest BCUT2D eigenvalue weighted by Gasteiger charge is 2.35. The van der Waals surface area contributed by atoms with E-state index in [2.05, 4.69) is 25.5 Å². The number of alkyl halides is 3. The van der Waals surface area contributed by atoms with Crippen LogP contribution in [0.15, 0.2) is 54.9 Å². The van der Waals surface area contributed by atoms with E-state index in [1.807, 2.05) is 19.0 Å². The van der Waals surface area contributed by atoms with Gasteiger partial charge in [-0.15, -0.1) is 0 Å². The second-order valence-electron chi connectivity index (χ2n) is 10.0. The van der Waals surface area contributed by atoms with Crippen molar-refractivity contribution in [2.24, 2.45) is 0 Å². The average molecular weight is 591 g/mol. The number of aromatic nitrogens is 2. The molecule has 1 fully saturated rings. The van der Waals surface area contributed by atoms with Gasteiger partial charge < -0.3 is 25.3 Å². The first kappa shape index (κ1) is 28.7. The van der Waals surface area contributed by atoms with Crippen LogP contribution in [-0.2, 0) is 12.7 Å². The molecule has 0 spiro atoms. The van der Waals surface area contributed by atoms with Crippen molar-refractivity contribution >= 4 is 40.0 Å². The minimum absolute atomic E-state index is 0.0726. The predicted molar refractivity (Wildman–Crippen MR) is 149 cm³/mol. The maximum absolute atomic E-state index is 14.8. The highest BCUT2D eigenvalue weighted by atomic mass is 35.5. The Labute approximate surface area is 238 Å². The monoisotopic (exact) mass is 590 g/mol. The van der Waals surface area contributed by atoms with Crippen LogP contribution in [0.2, 0.25) is 5.02 Å². The number of nitrogens with one attached hydrogen (secondary N) is 3. The first-order valence-corrected chi connectivity index (χ1v) is 13.1. The first-order valence-electron chi connectivity index (χ1n) is 12.7. The third kappa shape index (κ3) is 6.55. The molecule has 1 aliphatic heterocycles. The number of urea groups is 1. The number of anilines is 2. The number of likely N-dealkylation sites (tertiary alicyclic amines) is 1. The highest BCUT2D eigenvalue weighted by molar-refractivity contribution is 6.36. The molecule has 1 saturated heterocycles. The number of ether oxygens (including phenoxy) is 1. The van der Waals surface area contributed by atoms with Crippen molar-refractivity contribution < 1.29 is 27.1 Å². The van der Waals surface area contributed by atoms with Crippen molar-refractivity contribution in [1.82, 2.24) is 19.8 Å². The predicted octanol–water partition coefficient (Wildman–Crippen LogP) is 6.95. The number of hydrogen-bond acceptors (Lipinski definition) is 5. The lowest BCUT2D eigenvalue weighted by molar-refractivity contribution is -0.138. The van der Waals surface area contributed by atoms with Gasteiger partial charge in [-0.2, -0.15) is 13.2 Å². The number of carbonyl (C=O) groups is 1. The van der Waals surface area contributed by atoms with E-state index in [1.54, 1.807) is 12.3 Å². The molecule has 0 radical (unpaired) electrons. The van der Waals surface area contributed by atoms with Crippen LogP contribution < -0.4 is 15.4 Å². The van der Waals surface area contributed by atoms with Crippen molar-refractivity contribution in [2.45, 2.75) is 25.2 Å². The zero-order valence-electron chi connectivity index (χ0n) is 22.1. The summed E-state index contributed by atoms with van der Waals surface area (Å²) in [6.45, 7) is 1.52. The van der Waals surface area contributed by atoms with Gasteiger partial charge in [-0.25, -0.2) is 14.2 Å². The van der Waals surface area contributed by atoms with E-state index in [0.29, 0.717) is 40.9 Å². The van der Waals surface area contributed by atoms with Crippen LogP contribution in [0.3, 0.4) is 0 Å². The van der Waals surface area contributed by atoms with E-state index in [-0.39, 0.29) is 29.2 Å². The zero-order valence-corrected chi connectivity index (χ0v) is 22.9. The van der Waals surface area contributed by atoms with Gasteiger partial charge in [0.15, 0.2) is 0 Å². The van der Waals surface area contributed by atoms with Crippen LogP contribution in [0.25, 0.3) is 11.0 Å². The number of benzene rings is 2. The number of pyridine rings is 1. The Morgan fingerprint density at radius 1 is 1.20 bits per heavy atom. The number of likely N-dealkylation sites (N-methyl/N-ethyl adjacent to an activating group) is 1. The van der Waals surface area contributed by atoms with Gasteiger partial charge in [-0.3, -0.25) is 4.90 Å². The van der Waals surface area contributed by atoms with Crippen molar-refractivity contribution in [3.63, 3.8) is 0 Å². The quantitative estimate of drug-likeness (QED) is 0.203. The standard InChI is InChI=1S/C28H27ClF4N6O2/c1-38(2)18-8-10-39(15-18)14-16-3-4-17(11-20(16)28(31,32)33)36-27(40)37-23-6-5-19(12-22(23)30)41-24-7-9-34-26-25(24)21(29)13-35-26/h3-7,9,11-13,18H,8,10,14-15H2,1-2H3,(H,34,35)(H2,36,37,40). The number of rotatable bonds is 7. The van der Waals surface area contributed by atoms with Gasteiger partial charge >= 0.3 is 12.2 Å². The van der Waals surface area contributed by atoms with Crippen molar-refractivity contribution in [3.8, 4) is 11.5 Å². The van der Waals surface area contributed by atoms with E-state index in [9.17, 15) is 22.4 Å². The Balaban J connectivity index is 1.25. The Morgan fingerprint density at radius 2 is 2.00 bits per heavy atom. The summed E-state index contributed by atoms with van der Waals surface area (Å²) in [7, 11) is 3.91. The molecule has 1 aliphatic rings. The Kier molecular flexibility index (Phi) is 8.07. The summed E-state index contributed by atoms with van der Waals surface area (Å²) < 4.78 is 62.3. The largest absolute Gasteiger partial charge is 0.456 e. The first-order chi connectivity index (χ1) is 19.5. The summed E-state index contributed by atoms with van der Waals surface area (Å²) in [6.07, 6.45) is -0.675. The molecule has 0 aliphatic carbocycles. The van der Waals surface area contributed by atoms with E-state index in [1.165, 1.54) is 30.5 Å². The van der Waals surface area contributed by atoms with Gasteiger partial charge in [0, 0.05) is 49.8 Å². The third-order valence-corrected chi connectivity index (χ3v) is 7.25. The number of H-pyrrole nitrogens is 1. The summed E-state index contributed by atoms with van der Waals surface area (Å²) in [6, 6.07) is 8.40. The molecule has 13 heteroatoms. The van der Waals surface area contributed by atoms with Gasteiger partial charge in [0.25, 0.3) is 0 Å². The summed E-state index contributed by atoms with van der Waals surface area (Å²) in [5.74, 6) is -0.320. The maximum Gasteiger partial charge on any atom is 0.416 e. The van der Waals surface area contributed by atoms with E-state index >= 15 is 0 Å². The maximum atomic E-state index is 14.8. The second kappa shape index (κ2) is 11.6. The molecule has 0 saturated carbocycles. The topological polar surface area (TPSA) is 85.5 Å². The molecule has 5 rings (SSSR count). The average Bonchev–Trinajstić information content (AvgIpc) is 3.53. The Hall–Kier alpha value is -3.87. The molecule has 2 aromatic heterocycles. The summed E-state index contributed by atoms with van der Waals surface area (Å²) in [4.78, 5) is 23.6. The Bertz CT molecular complexity index is 1580. The highest BCUT2D eigenvalue weighted by Crippen LogP contribution is 2.36. The summed E-state index contributed by atoms with van der Waals surface area (Å²) in [5.41, 5.74) is -0.470. The van der Waals surface area contributed by atoms with Gasteiger partial charge in [0.05, 0.1) is 21.7 Å². The van der Waals surface area contributed by atoms with Crippen LogP contribution >= 0.6 is 11.6 Å². The Morgan fingerprint density at radius 3 is 2.71 bits per heavy atom. The number of nitrogens with zero attached hydrogens (tertiary/aromatic N) is 3. The molecular weight excluding hydrogens is 564 g/mol. The molecule has 41 heavy (non-hydrogen) atoms. The zero-order chi connectivity index (χ0) is 29.3. The summed E-state index contributed by atoms with van der Waals surface area (Å²) >= 11 is 6.18. The van der Waals surface area contributed by atoms with E-state index in [4.69, 9.17) is 16.3 Å². The smallest absolute Gasteiger partial charge is 0.416 e. The fourth-order valence-electron chi connectivity index (χ4n) is 4.82. The molecular formula is C28H27ClF4N6O2. The summed E-state index contributed by atoms with van der Waals surface area (Å²) in [5, 5.41) is 5.59. The molecule has 4 aromatic rings. The van der Waals surface area contributed by atoms with Crippen LogP contribution in [0.1, 0.15) is 17.5 Å². The SMILES string of the molecule is CN(C)C1CCN(Cc2ccc(NC(=O)Nc3ccc(Oc4ccnc5[nH]cc(Cl)c45)cc3F)cc2C(F)(F)F)C1. The normalized spacial score (nSPS) is 16.0. The van der Waals surface area contributed by atoms with Gasteiger partial charge in [-0.05, 0) is 56.4 Å². The molecule has 2 aromatic carbocycles. The third-order valence-electron chi connectivity index (χ3n) is 6.95. The number of halogens is 5. The minimum Gasteiger partial charge on any atom is -0.456 e. The van der Waals surface area contributed by atoms with E-state index < -0.39 is 23.6 Å². The number of amides is 2. The number of aromatic amines is 1. The lowest BCUT2D eigenvalue weighted by atomic mass is 10.1. The number of carbonyl (C=O) groups excluding carboxylic acids is 1. The second-order valence-corrected chi connectivity index (χ2v) is 10.4. The van der Waals surface area contributed by atoms with Gasteiger partial charge in [0.1, 0.15) is 23.0 Å². The van der Waals surface area contributed by atoms with Crippen molar-refractivity contribution in [3.05, 3.63) is 76.8 Å². The molecule has 3 heterocycles. The van der Waals surface area contributed by atoms with Gasteiger partial charge in [-0.1, -0.05) is 17.7 Å². The van der Waals surface area contributed by atoms with Crippen molar-refractivity contribution in [2.75, 3.05) is 37.8 Å². The van der Waals surface area contributed by atoms with Crippen LogP contribution in [0, 0.1) is 5.82 Å². The molecule has 2 amide bonds. The van der Waals surface area contributed by atoms with Crippen LogP contribution in [-0.4, -0.2) is 59.0 Å². The lowest BCUT2D eigenvalue weighted by Gasteiger charge is -2.22. The van der Waals surface area contributed by atoms with Crippen molar-refractivity contribution in [1.29, 1.82) is 0 Å². The number of hydrogen-bond donors (Lipinski definition) is 3. The fraction of sp³-hybridized carbons (Fsp3) is 0.286. The van der Waals surface area contributed by atoms with Crippen LogP contribution in [0.5, 0.6) is 11.5 Å². The van der Waals surface area contributed by atoms with Gasteiger partial charge in [0.2, 0.25) is 0 Å². The lowest BCUT2D eigenvalue weighted by Crippen LogP contribution is -2.31. The minimum atomic E-state index is -4.61. The molecule has 3 N–H and O–H groups in total. The molecule has 0 bridgehead atoms.